The number of rotatable bonds is 15. The van der Waals surface area contributed by atoms with E-state index in [0.717, 1.165) is 0 Å². The molecule has 1 unspecified atom stereocenters. The van der Waals surface area contributed by atoms with Crippen LogP contribution in [0.25, 0.3) is 21.8 Å². The number of phenols is 2. The molecule has 19 N–H and O–H groups in total. The van der Waals surface area contributed by atoms with E-state index in [1.54, 1.807) is 6.07 Å². The van der Waals surface area contributed by atoms with Crippen LogP contribution < -0.4 is 64.6 Å². The molecular formula is C69H85F2N15O14S2. The Hall–Kier alpha value is -9.83. The van der Waals surface area contributed by atoms with Gasteiger partial charge < -0.3 is 94.8 Å². The Morgan fingerprint density at radius 2 is 1.24 bits per heavy atom. The van der Waals surface area contributed by atoms with Crippen molar-refractivity contribution >= 4 is 110 Å². The fourth-order valence-corrected chi connectivity index (χ4v) is 14.5. The summed E-state index contributed by atoms with van der Waals surface area (Å²) in [5.74, 6) is -11.2. The Balaban J connectivity index is 1.06. The summed E-state index contributed by atoms with van der Waals surface area (Å²) in [5.41, 5.74) is 13.2. The van der Waals surface area contributed by atoms with E-state index in [1.165, 1.54) is 114 Å². The molecule has 29 nitrogen and oxygen atoms in total. The van der Waals surface area contributed by atoms with E-state index < -0.39 is 150 Å². The van der Waals surface area contributed by atoms with Crippen molar-refractivity contribution in [1.29, 1.82) is 0 Å². The van der Waals surface area contributed by atoms with Crippen LogP contribution in [0.15, 0.2) is 91.3 Å². The number of aromatic nitrogens is 2. The van der Waals surface area contributed by atoms with Crippen LogP contribution >= 0.6 is 23.5 Å². The summed E-state index contributed by atoms with van der Waals surface area (Å²) in [4.78, 5) is 165. The molecule has 3 aliphatic heterocycles. The Bertz CT molecular complexity index is 4060. The second-order valence-corrected chi connectivity index (χ2v) is 27.9. The fraction of sp³-hybridized carbons (Fsp3) is 0.435. The molecule has 2 bridgehead atoms. The van der Waals surface area contributed by atoms with Gasteiger partial charge in [-0.05, 0) is 140 Å². The van der Waals surface area contributed by atoms with Gasteiger partial charge >= 0.3 is 5.97 Å². The van der Waals surface area contributed by atoms with Crippen molar-refractivity contribution in [3.05, 3.63) is 131 Å². The number of hydrogen-bond acceptors (Lipinski definition) is 18. The molecule has 0 spiro atoms. The van der Waals surface area contributed by atoms with Crippen LogP contribution in [0.2, 0.25) is 0 Å². The molecular weight excluding hydrogens is 1360 g/mol. The number of carboxylic acids is 1. The number of amides is 10. The molecule has 102 heavy (non-hydrogen) atoms. The molecule has 546 valence electrons. The summed E-state index contributed by atoms with van der Waals surface area (Å²) in [7, 11) is 0. The third-order valence-corrected chi connectivity index (χ3v) is 20.2. The van der Waals surface area contributed by atoms with Gasteiger partial charge in [0.1, 0.15) is 71.0 Å². The number of phenolic OH excluding ortho intramolecular Hbond substituents is 2. The van der Waals surface area contributed by atoms with E-state index in [1.807, 2.05) is 6.07 Å². The molecule has 9 rings (SSSR count). The van der Waals surface area contributed by atoms with Crippen LogP contribution in [0.3, 0.4) is 0 Å². The summed E-state index contributed by atoms with van der Waals surface area (Å²) in [6.45, 7) is 1.59. The van der Waals surface area contributed by atoms with Gasteiger partial charge in [0, 0.05) is 109 Å². The minimum Gasteiger partial charge on any atom is -0.508 e. The van der Waals surface area contributed by atoms with Gasteiger partial charge in [0.05, 0.1) is 13.0 Å². The first-order valence-electron chi connectivity index (χ1n) is 33.4. The zero-order valence-electron chi connectivity index (χ0n) is 55.9. The van der Waals surface area contributed by atoms with Gasteiger partial charge in [-0.3, -0.25) is 52.7 Å². The third kappa shape index (κ3) is 20.9. The highest BCUT2D eigenvalue weighted by Gasteiger charge is 2.49. The number of thioether (sulfide) groups is 2. The van der Waals surface area contributed by atoms with Crippen molar-refractivity contribution in [2.75, 3.05) is 44.4 Å². The number of aromatic amines is 2. The van der Waals surface area contributed by atoms with Gasteiger partial charge in [-0.15, -0.1) is 0 Å². The zero-order chi connectivity index (χ0) is 73.2. The number of fused-ring (bicyclic) bond motifs is 5. The second-order valence-electron chi connectivity index (χ2n) is 25.8. The quantitative estimate of drug-likeness (QED) is 0.0633. The highest BCUT2D eigenvalue weighted by Crippen LogP contribution is 2.32. The maximum absolute atomic E-state index is 15.2. The number of aliphatic carboxylic acids is 1. The minimum atomic E-state index is -2.02. The maximum atomic E-state index is 15.2. The van der Waals surface area contributed by atoms with Gasteiger partial charge in [0.15, 0.2) is 0 Å². The second kappa shape index (κ2) is 35.7. The molecule has 2 fully saturated rings. The van der Waals surface area contributed by atoms with Crippen molar-refractivity contribution in [1.82, 2.24) is 68.0 Å². The first-order valence-corrected chi connectivity index (χ1v) is 35.8. The zero-order valence-corrected chi connectivity index (χ0v) is 57.6. The molecule has 6 aromatic rings. The van der Waals surface area contributed by atoms with Crippen molar-refractivity contribution in [3.8, 4) is 11.5 Å². The van der Waals surface area contributed by atoms with Crippen LogP contribution in [0, 0.1) is 11.6 Å². The van der Waals surface area contributed by atoms with E-state index in [-0.39, 0.29) is 105 Å². The van der Waals surface area contributed by atoms with Crippen LogP contribution in [0.5, 0.6) is 11.5 Å². The lowest BCUT2D eigenvalue weighted by Crippen LogP contribution is -2.63. The third-order valence-electron chi connectivity index (χ3n) is 18.1. The van der Waals surface area contributed by atoms with E-state index in [0.29, 0.717) is 63.7 Å². The van der Waals surface area contributed by atoms with Crippen LogP contribution in [0.1, 0.15) is 86.1 Å². The summed E-state index contributed by atoms with van der Waals surface area (Å²) >= 11 is 2.59. The standard InChI is InChI=1S/C69H85F2N15O14S2/c1-69-15-4-17-86(69)67(99)56(22-37-6-10-45(87)11-7-37)84-65(97)54(27-44-31-74-36-78-44)82-66(98)55(28-60(91)92)83-64(96)53(24-41-30-76-50-13-9-43(71)26-48(41)50)81-63(95)52(23-40-29-75-49-12-8-42(70)25-47(40)49)80-59(90)32-77-62(94)51(5-2-3-16-72)79-58(89)14-18-101-33-38-19-39(21-46(88)20-38)34-102-35-57(61(73)93)85-68(69)100/h6-13,19-21,25-26,29-30,44,51-57,74-76,78,87-88H,2-5,14-18,22-24,27-28,31-36,72H2,1H3,(H2,73,93)(H,77,94)(H,79,89)(H,80,90)(H,81,95)(H,82,98)(H,83,96)(H,84,97)(H,85,100)(H,91,92)/t44?,51-,52-,53-,54-,55-,56-,57-,69-/m0/s1. The maximum Gasteiger partial charge on any atom is 0.305 e. The number of nitrogens with two attached hydrogens (primary N) is 2. The van der Waals surface area contributed by atoms with E-state index >= 15 is 19.2 Å². The first-order chi connectivity index (χ1) is 48.8. The molecule has 2 saturated heterocycles. The van der Waals surface area contributed by atoms with E-state index in [2.05, 4.69) is 63.1 Å². The van der Waals surface area contributed by atoms with Crippen LogP contribution in [-0.4, -0.2) is 193 Å². The number of primary amides is 1. The monoisotopic (exact) mass is 1450 g/mol. The van der Waals surface area contributed by atoms with Crippen molar-refractivity contribution in [2.45, 2.75) is 143 Å². The van der Waals surface area contributed by atoms with Gasteiger partial charge in [0.2, 0.25) is 59.1 Å². The Morgan fingerprint density at radius 3 is 1.85 bits per heavy atom. The average Bonchev–Trinajstić information content (AvgIpc) is 1.59. The summed E-state index contributed by atoms with van der Waals surface area (Å²) in [6.07, 6.45) is 1.89. The van der Waals surface area contributed by atoms with Gasteiger partial charge in [0.25, 0.3) is 0 Å². The molecule has 9 atom stereocenters. The number of aromatic hydroxyl groups is 2. The van der Waals surface area contributed by atoms with Crippen molar-refractivity contribution in [2.24, 2.45) is 11.5 Å². The SMILES string of the molecule is C[C@@]12CCCN1C(=O)[C@H](Cc1ccc(O)cc1)NC(=O)[C@H](CC1CNCN1)NC(=O)[C@H](CC(=O)O)NC(=O)[C@H](Cc1c[nH]c3ccc(F)cc13)NC(=O)[C@H](Cc1c[nH]c3ccc(F)cc13)NC(=O)CNC(=O)[C@H](CCCCN)NC(=O)CCSCc1cc(O)cc(c1)CSC[C@@H](C(N)=O)NC2=O. The number of benzene rings is 4. The first kappa shape index (κ1) is 76.4. The number of carbonyl (C=O) groups excluding carboxylic acids is 10. The Morgan fingerprint density at radius 1 is 0.647 bits per heavy atom. The molecule has 3 aliphatic rings. The normalized spacial score (nSPS) is 24.1. The Kier molecular flexibility index (Phi) is 26.7. The smallest absolute Gasteiger partial charge is 0.305 e. The molecule has 33 heteroatoms. The number of carboxylic acid groups (broad SMARTS) is 1. The molecule has 0 saturated carbocycles. The number of halogens is 2. The predicted octanol–water partition coefficient (Wildman–Crippen LogP) is 0.826. The Labute approximate surface area is 593 Å². The van der Waals surface area contributed by atoms with E-state index in [9.17, 15) is 57.7 Å². The lowest BCUT2D eigenvalue weighted by Gasteiger charge is -2.37. The van der Waals surface area contributed by atoms with Crippen molar-refractivity contribution < 1.29 is 76.8 Å². The lowest BCUT2D eigenvalue weighted by molar-refractivity contribution is -0.147. The molecule has 10 amide bonds. The number of nitrogens with one attached hydrogen (secondary N) is 12. The topological polar surface area (TPSA) is 456 Å². The molecule has 2 aromatic heterocycles. The van der Waals surface area contributed by atoms with Gasteiger partial charge in [-0.25, -0.2) is 8.78 Å². The number of unbranched alkanes of at least 4 members (excludes halogenated alkanes) is 1. The summed E-state index contributed by atoms with van der Waals surface area (Å²) in [5, 5.41) is 59.2. The number of carbonyl (C=O) groups is 11. The summed E-state index contributed by atoms with van der Waals surface area (Å²) in [6, 6.07) is 6.80. The highest BCUT2D eigenvalue weighted by molar-refractivity contribution is 7.98. The number of hydrogen-bond donors (Lipinski definition) is 17. The minimum absolute atomic E-state index is 0.00817. The number of H-pyrrole nitrogens is 2. The van der Waals surface area contributed by atoms with Gasteiger partial charge in [-0.1, -0.05) is 18.2 Å². The largest absolute Gasteiger partial charge is 0.508 e. The average molecular weight is 1450 g/mol. The molecule has 4 aromatic carbocycles. The summed E-state index contributed by atoms with van der Waals surface area (Å²) < 4.78 is 29.8. The molecule has 0 aliphatic carbocycles. The molecule has 0 radical (unpaired) electrons. The lowest BCUT2D eigenvalue weighted by atomic mass is 9.95. The van der Waals surface area contributed by atoms with Gasteiger partial charge in [-0.2, -0.15) is 23.5 Å². The fourth-order valence-electron chi connectivity index (χ4n) is 12.6. The highest BCUT2D eigenvalue weighted by atomic mass is 32.2. The predicted molar refractivity (Wildman–Crippen MR) is 375 cm³/mol. The van der Waals surface area contributed by atoms with Crippen LogP contribution in [0.4, 0.5) is 8.78 Å². The van der Waals surface area contributed by atoms with Crippen molar-refractivity contribution in [3.63, 3.8) is 0 Å². The molecule has 5 heterocycles. The van der Waals surface area contributed by atoms with Crippen LogP contribution in [-0.2, 0) is 83.5 Å². The number of nitrogens with zero attached hydrogens (tertiary/aromatic N) is 1. The van der Waals surface area contributed by atoms with E-state index in [4.69, 9.17) is 11.5 Å².